The summed E-state index contributed by atoms with van der Waals surface area (Å²) in [6.45, 7) is 10.4. The molecule has 5 nitrogen and oxygen atoms in total. The van der Waals surface area contributed by atoms with Crippen LogP contribution in [0.2, 0.25) is 5.02 Å². The molecular formula is C19H27ClN4O. The summed E-state index contributed by atoms with van der Waals surface area (Å²) < 4.78 is 1.85. The summed E-state index contributed by atoms with van der Waals surface area (Å²) in [5, 5.41) is 8.35. The Bertz CT molecular complexity index is 752. The van der Waals surface area contributed by atoms with Crippen LogP contribution in [0, 0.1) is 19.8 Å². The Balaban J connectivity index is 2.23. The molecule has 25 heavy (non-hydrogen) atoms. The largest absolute Gasteiger partial charge is 0.349 e. The number of halogens is 1. The van der Waals surface area contributed by atoms with Crippen molar-refractivity contribution in [3.8, 4) is 5.69 Å². The van der Waals surface area contributed by atoms with Gasteiger partial charge in [-0.3, -0.25) is 4.79 Å². The molecule has 1 atom stereocenters. The molecule has 0 fully saturated rings. The lowest BCUT2D eigenvalue weighted by Gasteiger charge is -2.33. The van der Waals surface area contributed by atoms with Gasteiger partial charge in [-0.05, 0) is 51.0 Å². The minimum absolute atomic E-state index is 0.0384. The average Bonchev–Trinajstić information content (AvgIpc) is 2.83. The summed E-state index contributed by atoms with van der Waals surface area (Å²) in [5.41, 5.74) is 9.11. The van der Waals surface area contributed by atoms with Gasteiger partial charge < -0.3 is 11.1 Å². The molecule has 0 aliphatic heterocycles. The van der Waals surface area contributed by atoms with Gasteiger partial charge >= 0.3 is 0 Å². The molecule has 0 bridgehead atoms. The van der Waals surface area contributed by atoms with E-state index < -0.39 is 5.54 Å². The highest BCUT2D eigenvalue weighted by molar-refractivity contribution is 6.30. The molecule has 3 N–H and O–H groups in total. The molecule has 0 radical (unpaired) electrons. The van der Waals surface area contributed by atoms with E-state index in [0.29, 0.717) is 11.6 Å². The van der Waals surface area contributed by atoms with Gasteiger partial charge in [0.15, 0.2) is 0 Å². The van der Waals surface area contributed by atoms with Crippen LogP contribution in [-0.2, 0) is 11.2 Å². The minimum atomic E-state index is -0.412. The van der Waals surface area contributed by atoms with Gasteiger partial charge in [-0.2, -0.15) is 5.10 Å². The third kappa shape index (κ3) is 4.22. The molecule has 0 saturated heterocycles. The molecule has 1 aromatic carbocycles. The second kappa shape index (κ2) is 7.58. The molecule has 2 aromatic rings. The lowest BCUT2D eigenvalue weighted by molar-refractivity contribution is -0.122. The van der Waals surface area contributed by atoms with Crippen LogP contribution < -0.4 is 11.1 Å². The molecular weight excluding hydrogens is 336 g/mol. The third-order valence-electron chi connectivity index (χ3n) is 4.97. The molecule has 0 saturated carbocycles. The number of carbonyl (C=O) groups is 1. The van der Waals surface area contributed by atoms with Gasteiger partial charge in [-0.25, -0.2) is 4.68 Å². The van der Waals surface area contributed by atoms with E-state index in [1.807, 2.05) is 49.7 Å². The summed E-state index contributed by atoms with van der Waals surface area (Å²) in [6, 6.07) is 7.48. The SMILES string of the molecule is Cc1nn(-c2ccc(Cl)cc2)c(C)c1CC(=O)NC(C)(CN)C(C)C. The zero-order valence-corrected chi connectivity index (χ0v) is 16.3. The van der Waals surface area contributed by atoms with E-state index in [2.05, 4.69) is 24.3 Å². The molecule has 2 rings (SSSR count). The molecule has 1 amide bonds. The summed E-state index contributed by atoms with van der Waals surface area (Å²) >= 11 is 5.95. The van der Waals surface area contributed by atoms with Gasteiger partial charge in [0, 0.05) is 22.8 Å². The van der Waals surface area contributed by atoms with Crippen LogP contribution in [0.15, 0.2) is 24.3 Å². The highest BCUT2D eigenvalue weighted by atomic mass is 35.5. The fourth-order valence-corrected chi connectivity index (χ4v) is 2.84. The number of nitrogens with one attached hydrogen (secondary N) is 1. The monoisotopic (exact) mass is 362 g/mol. The average molecular weight is 363 g/mol. The maximum atomic E-state index is 12.6. The first-order valence-corrected chi connectivity index (χ1v) is 8.88. The van der Waals surface area contributed by atoms with Crippen molar-refractivity contribution in [1.82, 2.24) is 15.1 Å². The number of nitrogens with zero attached hydrogens (tertiary/aromatic N) is 2. The minimum Gasteiger partial charge on any atom is -0.349 e. The van der Waals surface area contributed by atoms with Gasteiger partial charge in [-0.1, -0.05) is 25.4 Å². The van der Waals surface area contributed by atoms with Crippen molar-refractivity contribution in [2.75, 3.05) is 6.54 Å². The van der Waals surface area contributed by atoms with Gasteiger partial charge in [0.05, 0.1) is 23.3 Å². The smallest absolute Gasteiger partial charge is 0.225 e. The number of amides is 1. The molecule has 1 heterocycles. The predicted octanol–water partition coefficient (Wildman–Crippen LogP) is 3.17. The van der Waals surface area contributed by atoms with E-state index >= 15 is 0 Å². The van der Waals surface area contributed by atoms with Crippen LogP contribution in [-0.4, -0.2) is 27.8 Å². The first-order valence-electron chi connectivity index (χ1n) is 8.50. The van der Waals surface area contributed by atoms with E-state index in [4.69, 9.17) is 17.3 Å². The number of aromatic nitrogens is 2. The lowest BCUT2D eigenvalue weighted by Crippen LogP contribution is -2.55. The van der Waals surface area contributed by atoms with E-state index in [9.17, 15) is 4.79 Å². The van der Waals surface area contributed by atoms with Crippen LogP contribution in [0.3, 0.4) is 0 Å². The fraction of sp³-hybridized carbons (Fsp3) is 0.474. The topological polar surface area (TPSA) is 72.9 Å². The van der Waals surface area contributed by atoms with Crippen molar-refractivity contribution in [3.63, 3.8) is 0 Å². The second-order valence-corrected chi connectivity index (χ2v) is 7.48. The summed E-state index contributed by atoms with van der Waals surface area (Å²) in [7, 11) is 0. The molecule has 6 heteroatoms. The number of aryl methyl sites for hydroxylation is 1. The summed E-state index contributed by atoms with van der Waals surface area (Å²) in [5.74, 6) is 0.212. The summed E-state index contributed by atoms with van der Waals surface area (Å²) in [6.07, 6.45) is 0.285. The third-order valence-corrected chi connectivity index (χ3v) is 5.22. The number of nitrogens with two attached hydrogens (primary N) is 1. The molecule has 136 valence electrons. The number of rotatable bonds is 6. The Hall–Kier alpha value is -1.85. The normalized spacial score (nSPS) is 13.8. The van der Waals surface area contributed by atoms with Gasteiger partial charge in [-0.15, -0.1) is 0 Å². The molecule has 0 aliphatic rings. The van der Waals surface area contributed by atoms with Crippen LogP contribution in [0.5, 0.6) is 0 Å². The van der Waals surface area contributed by atoms with E-state index in [1.54, 1.807) is 0 Å². The quantitative estimate of drug-likeness (QED) is 0.828. The second-order valence-electron chi connectivity index (χ2n) is 7.04. The zero-order valence-electron chi connectivity index (χ0n) is 15.6. The van der Waals surface area contributed by atoms with Crippen LogP contribution >= 0.6 is 11.6 Å². The molecule has 1 unspecified atom stereocenters. The maximum absolute atomic E-state index is 12.6. The highest BCUT2D eigenvalue weighted by Crippen LogP contribution is 2.21. The van der Waals surface area contributed by atoms with Gasteiger partial charge in [0.25, 0.3) is 0 Å². The Morgan fingerprint density at radius 2 is 1.92 bits per heavy atom. The van der Waals surface area contributed by atoms with Crippen molar-refractivity contribution >= 4 is 17.5 Å². The Kier molecular flexibility index (Phi) is 5.91. The van der Waals surface area contributed by atoms with Crippen molar-refractivity contribution in [1.29, 1.82) is 0 Å². The van der Waals surface area contributed by atoms with Crippen molar-refractivity contribution in [2.45, 2.75) is 46.6 Å². The van der Waals surface area contributed by atoms with Crippen LogP contribution in [0.4, 0.5) is 0 Å². The number of hydrogen-bond donors (Lipinski definition) is 2. The Morgan fingerprint density at radius 3 is 2.44 bits per heavy atom. The van der Waals surface area contributed by atoms with Crippen molar-refractivity contribution < 1.29 is 4.79 Å². The van der Waals surface area contributed by atoms with E-state index in [-0.39, 0.29) is 18.2 Å². The lowest BCUT2D eigenvalue weighted by atomic mass is 9.88. The first kappa shape index (κ1) is 19.5. The zero-order chi connectivity index (χ0) is 18.8. The number of benzene rings is 1. The van der Waals surface area contributed by atoms with Gasteiger partial charge in [0.1, 0.15) is 0 Å². The van der Waals surface area contributed by atoms with Crippen molar-refractivity contribution in [3.05, 3.63) is 46.2 Å². The van der Waals surface area contributed by atoms with Crippen LogP contribution in [0.1, 0.15) is 37.7 Å². The van der Waals surface area contributed by atoms with E-state index in [1.165, 1.54) is 0 Å². The first-order chi connectivity index (χ1) is 11.7. The number of carbonyl (C=O) groups excluding carboxylic acids is 1. The van der Waals surface area contributed by atoms with E-state index in [0.717, 1.165) is 22.6 Å². The standard InChI is InChI=1S/C19H27ClN4O/c1-12(2)19(5,11-21)22-18(25)10-17-13(3)23-24(14(17)4)16-8-6-15(20)7-9-16/h6-9,12H,10-11,21H2,1-5H3,(H,22,25). The maximum Gasteiger partial charge on any atom is 0.225 e. The van der Waals surface area contributed by atoms with Gasteiger partial charge in [0.2, 0.25) is 5.91 Å². The number of hydrogen-bond acceptors (Lipinski definition) is 3. The van der Waals surface area contributed by atoms with Crippen molar-refractivity contribution in [2.24, 2.45) is 11.7 Å². The molecule has 0 spiro atoms. The predicted molar refractivity (Wildman–Crippen MR) is 102 cm³/mol. The highest BCUT2D eigenvalue weighted by Gasteiger charge is 2.29. The Labute approximate surface area is 154 Å². The molecule has 0 aliphatic carbocycles. The van der Waals surface area contributed by atoms with Crippen LogP contribution in [0.25, 0.3) is 5.69 Å². The molecule has 1 aromatic heterocycles. The summed E-state index contributed by atoms with van der Waals surface area (Å²) in [4.78, 5) is 12.6. The fourth-order valence-electron chi connectivity index (χ4n) is 2.72. The Morgan fingerprint density at radius 1 is 1.32 bits per heavy atom.